The summed E-state index contributed by atoms with van der Waals surface area (Å²) >= 11 is 0. The minimum absolute atomic E-state index is 0.0451. The van der Waals surface area contributed by atoms with E-state index in [9.17, 15) is 4.79 Å². The Morgan fingerprint density at radius 1 is 0.741 bits per heavy atom. The molecular formula is C23H46O4. The van der Waals surface area contributed by atoms with Crippen LogP contribution in [0.15, 0.2) is 12.2 Å². The largest absolute Gasteiger partial charge is 0.481 e. The fraction of sp³-hybridized carbons (Fsp3) is 0.870. The predicted molar refractivity (Wildman–Crippen MR) is 115 cm³/mol. The molecule has 0 rings (SSSR count). The molecule has 0 aliphatic heterocycles. The summed E-state index contributed by atoms with van der Waals surface area (Å²) < 4.78 is 0. The van der Waals surface area contributed by atoms with Crippen molar-refractivity contribution in [3.63, 3.8) is 0 Å². The molecule has 4 nitrogen and oxygen atoms in total. The maximum atomic E-state index is 10.3. The Morgan fingerprint density at radius 3 is 1.52 bits per heavy atom. The van der Waals surface area contributed by atoms with E-state index in [0.717, 1.165) is 12.8 Å². The first kappa shape index (κ1) is 28.3. The van der Waals surface area contributed by atoms with Crippen LogP contribution in [0.25, 0.3) is 0 Å². The van der Waals surface area contributed by atoms with Crippen LogP contribution in [-0.2, 0) is 4.79 Å². The highest BCUT2D eigenvalue weighted by Crippen LogP contribution is 2.10. The zero-order valence-corrected chi connectivity index (χ0v) is 18.2. The average molecular weight is 387 g/mol. The van der Waals surface area contributed by atoms with Crippen LogP contribution in [-0.4, -0.2) is 34.5 Å². The van der Waals surface area contributed by atoms with Crippen molar-refractivity contribution < 1.29 is 20.1 Å². The van der Waals surface area contributed by atoms with E-state index in [2.05, 4.69) is 19.1 Å². The fourth-order valence-electron chi connectivity index (χ4n) is 2.40. The second-order valence-corrected chi connectivity index (χ2v) is 8.21. The number of aliphatic hydroxyl groups excluding tert-OH is 2. The molecule has 0 aliphatic carbocycles. The molecule has 0 bridgehead atoms. The van der Waals surface area contributed by atoms with Crippen molar-refractivity contribution in [2.45, 2.75) is 111 Å². The van der Waals surface area contributed by atoms with Gasteiger partial charge in [0, 0.05) is 11.8 Å². The van der Waals surface area contributed by atoms with Crippen LogP contribution in [0.3, 0.4) is 0 Å². The Kier molecular flexibility index (Phi) is 22.5. The monoisotopic (exact) mass is 386 g/mol. The Balaban J connectivity index is 0. The molecule has 0 aromatic heterocycles. The van der Waals surface area contributed by atoms with Crippen molar-refractivity contribution in [1.29, 1.82) is 0 Å². The summed E-state index contributed by atoms with van der Waals surface area (Å²) in [6.45, 7) is 5.95. The van der Waals surface area contributed by atoms with Crippen molar-refractivity contribution in [1.82, 2.24) is 0 Å². The molecule has 0 aromatic carbocycles. The van der Waals surface area contributed by atoms with Gasteiger partial charge in [-0.05, 0) is 32.1 Å². The number of carboxylic acids is 1. The minimum atomic E-state index is -0.664. The maximum absolute atomic E-state index is 10.3. The molecule has 0 atom stereocenters. The lowest BCUT2D eigenvalue weighted by molar-refractivity contribution is -0.137. The van der Waals surface area contributed by atoms with Gasteiger partial charge in [-0.15, -0.1) is 0 Å². The van der Waals surface area contributed by atoms with Crippen molar-refractivity contribution in [3.8, 4) is 0 Å². The van der Waals surface area contributed by atoms with Gasteiger partial charge >= 0.3 is 5.97 Å². The Morgan fingerprint density at radius 2 is 1.15 bits per heavy atom. The van der Waals surface area contributed by atoms with E-state index in [1.54, 1.807) is 13.8 Å². The summed E-state index contributed by atoms with van der Waals surface area (Å²) in [7, 11) is 0. The van der Waals surface area contributed by atoms with Gasteiger partial charge in [0.1, 0.15) is 0 Å². The van der Waals surface area contributed by atoms with Crippen LogP contribution < -0.4 is 0 Å². The Bertz CT molecular complexity index is 331. The lowest BCUT2D eigenvalue weighted by Gasteiger charge is -2.16. The lowest BCUT2D eigenvalue weighted by Crippen LogP contribution is -2.20. The molecule has 0 heterocycles. The molecule has 0 unspecified atom stereocenters. The van der Waals surface area contributed by atoms with Crippen LogP contribution in [0.2, 0.25) is 0 Å². The normalized spacial score (nSPS) is 11.4. The smallest absolute Gasteiger partial charge is 0.303 e. The highest BCUT2D eigenvalue weighted by atomic mass is 16.4. The quantitative estimate of drug-likeness (QED) is 0.208. The highest BCUT2D eigenvalue weighted by Gasteiger charge is 2.13. The van der Waals surface area contributed by atoms with Gasteiger partial charge in [0.15, 0.2) is 0 Å². The van der Waals surface area contributed by atoms with Crippen LogP contribution in [0.5, 0.6) is 0 Å². The van der Waals surface area contributed by atoms with E-state index >= 15 is 0 Å². The first-order valence-electron chi connectivity index (χ1n) is 11.0. The van der Waals surface area contributed by atoms with E-state index in [1.165, 1.54) is 70.6 Å². The summed E-state index contributed by atoms with van der Waals surface area (Å²) in [5.41, 5.74) is -0.306. The van der Waals surface area contributed by atoms with Gasteiger partial charge in [0.2, 0.25) is 0 Å². The number of hydrogen-bond donors (Lipinski definition) is 3. The second-order valence-electron chi connectivity index (χ2n) is 8.21. The summed E-state index contributed by atoms with van der Waals surface area (Å²) in [4.78, 5) is 10.3. The molecule has 27 heavy (non-hydrogen) atoms. The van der Waals surface area contributed by atoms with Gasteiger partial charge in [-0.25, -0.2) is 0 Å². The molecule has 0 spiro atoms. The van der Waals surface area contributed by atoms with E-state index in [-0.39, 0.29) is 18.6 Å². The summed E-state index contributed by atoms with van der Waals surface area (Å²) in [5.74, 6) is -0.664. The summed E-state index contributed by atoms with van der Waals surface area (Å²) in [6, 6.07) is 0. The van der Waals surface area contributed by atoms with Crippen molar-refractivity contribution in [2.75, 3.05) is 13.2 Å². The molecule has 0 fully saturated rings. The number of hydrogen-bond acceptors (Lipinski definition) is 3. The Hall–Kier alpha value is -0.870. The summed E-state index contributed by atoms with van der Waals surface area (Å²) in [6.07, 6.45) is 21.2. The van der Waals surface area contributed by atoms with E-state index in [1.807, 2.05) is 0 Å². The molecule has 3 N–H and O–H groups in total. The first-order chi connectivity index (χ1) is 12.9. The van der Waals surface area contributed by atoms with Crippen LogP contribution in [0, 0.1) is 5.41 Å². The van der Waals surface area contributed by atoms with Crippen LogP contribution in [0.1, 0.15) is 111 Å². The van der Waals surface area contributed by atoms with Crippen molar-refractivity contribution in [3.05, 3.63) is 12.2 Å². The molecule has 0 radical (unpaired) electrons. The van der Waals surface area contributed by atoms with Gasteiger partial charge in [-0.3, -0.25) is 4.79 Å². The van der Waals surface area contributed by atoms with Gasteiger partial charge < -0.3 is 15.3 Å². The molecule has 0 amide bonds. The molecule has 0 aromatic rings. The van der Waals surface area contributed by atoms with Gasteiger partial charge in [-0.1, -0.05) is 84.3 Å². The zero-order chi connectivity index (χ0) is 20.8. The average Bonchev–Trinajstić information content (AvgIpc) is 2.65. The zero-order valence-electron chi connectivity index (χ0n) is 18.2. The minimum Gasteiger partial charge on any atom is -0.481 e. The predicted octanol–water partition coefficient (Wildman–Crippen LogP) is 6.11. The molecule has 0 aliphatic rings. The number of aliphatic hydroxyl groups is 2. The maximum Gasteiger partial charge on any atom is 0.303 e. The standard InChI is InChI=1S/C18H34O2.C5H12O2/c1-2-3-4-5-6-7-8-9-10-11-12-13-14-15-16-17-18(19)20;1-5(2,3-6)4-7/h9-10H,2-8,11-17H2,1H3,(H,19,20);6-7H,3-4H2,1-2H3. The number of aliphatic carboxylic acids is 1. The topological polar surface area (TPSA) is 77.8 Å². The van der Waals surface area contributed by atoms with Crippen molar-refractivity contribution in [2.24, 2.45) is 5.41 Å². The summed E-state index contributed by atoms with van der Waals surface area (Å²) in [5, 5.41) is 25.4. The number of carbonyl (C=O) groups is 1. The molecule has 4 heteroatoms. The fourth-order valence-corrected chi connectivity index (χ4v) is 2.40. The van der Waals surface area contributed by atoms with Crippen molar-refractivity contribution >= 4 is 5.97 Å². The van der Waals surface area contributed by atoms with E-state index < -0.39 is 5.97 Å². The van der Waals surface area contributed by atoms with Gasteiger partial charge in [0.05, 0.1) is 13.2 Å². The third-order valence-corrected chi connectivity index (χ3v) is 4.51. The number of allylic oxidation sites excluding steroid dienone is 2. The number of unbranched alkanes of at least 4 members (excludes halogenated alkanes) is 11. The molecule has 0 saturated carbocycles. The van der Waals surface area contributed by atoms with Crippen LogP contribution >= 0.6 is 0 Å². The molecular weight excluding hydrogens is 340 g/mol. The van der Waals surface area contributed by atoms with E-state index in [4.69, 9.17) is 15.3 Å². The Labute approximate surface area is 168 Å². The van der Waals surface area contributed by atoms with Crippen LogP contribution in [0.4, 0.5) is 0 Å². The molecule has 0 saturated heterocycles. The molecule has 162 valence electrons. The third-order valence-electron chi connectivity index (χ3n) is 4.51. The SMILES string of the molecule is CC(C)(CO)CO.CCCCCCCCC=CCCCCCCCC(=O)O. The number of rotatable bonds is 17. The number of carboxylic acid groups (broad SMARTS) is 1. The third kappa shape index (κ3) is 27.5. The second kappa shape index (κ2) is 21.4. The highest BCUT2D eigenvalue weighted by molar-refractivity contribution is 5.66. The van der Waals surface area contributed by atoms with Gasteiger partial charge in [-0.2, -0.15) is 0 Å². The van der Waals surface area contributed by atoms with Gasteiger partial charge in [0.25, 0.3) is 0 Å². The first-order valence-corrected chi connectivity index (χ1v) is 11.0. The van der Waals surface area contributed by atoms with E-state index in [0.29, 0.717) is 6.42 Å². The lowest BCUT2D eigenvalue weighted by atomic mass is 9.97.